The highest BCUT2D eigenvalue weighted by atomic mass is 35.5. The summed E-state index contributed by atoms with van der Waals surface area (Å²) in [6, 6.07) is 8.42. The third-order valence-corrected chi connectivity index (χ3v) is 5.69. The quantitative estimate of drug-likeness (QED) is 0.678. The predicted octanol–water partition coefficient (Wildman–Crippen LogP) is 4.13. The lowest BCUT2D eigenvalue weighted by Crippen LogP contribution is -2.42. The third-order valence-electron chi connectivity index (χ3n) is 3.58. The van der Waals surface area contributed by atoms with Gasteiger partial charge in [0.2, 0.25) is 0 Å². The van der Waals surface area contributed by atoms with Gasteiger partial charge in [-0.15, -0.1) is 22.7 Å². The molecule has 0 fully saturated rings. The summed E-state index contributed by atoms with van der Waals surface area (Å²) in [5, 5.41) is 8.18. The fraction of sp³-hybridized carbons (Fsp3) is 0.176. The van der Waals surface area contributed by atoms with E-state index in [4.69, 9.17) is 16.3 Å². The highest BCUT2D eigenvalue weighted by Gasteiger charge is 2.24. The number of benzene rings is 1. The summed E-state index contributed by atoms with van der Waals surface area (Å²) in [4.78, 5) is 24.9. The van der Waals surface area contributed by atoms with Crippen LogP contribution in [0.4, 0.5) is 0 Å². The zero-order chi connectivity index (χ0) is 17.1. The van der Waals surface area contributed by atoms with Crippen molar-refractivity contribution in [2.24, 2.45) is 0 Å². The zero-order valence-electron chi connectivity index (χ0n) is 12.7. The van der Waals surface area contributed by atoms with Crippen LogP contribution in [0.25, 0.3) is 10.1 Å². The number of amides is 1. The largest absolute Gasteiger partial charge is 0.467 e. The predicted molar refractivity (Wildman–Crippen MR) is 98.1 cm³/mol. The van der Waals surface area contributed by atoms with Crippen LogP contribution in [-0.2, 0) is 16.0 Å². The zero-order valence-corrected chi connectivity index (χ0v) is 15.1. The van der Waals surface area contributed by atoms with Crippen molar-refractivity contribution >= 4 is 56.2 Å². The Labute approximate surface area is 152 Å². The van der Waals surface area contributed by atoms with Gasteiger partial charge in [-0.2, -0.15) is 0 Å². The van der Waals surface area contributed by atoms with Gasteiger partial charge in [-0.1, -0.05) is 17.7 Å². The van der Waals surface area contributed by atoms with Crippen molar-refractivity contribution in [1.82, 2.24) is 5.32 Å². The van der Waals surface area contributed by atoms with E-state index in [9.17, 15) is 9.59 Å². The number of hydrogen-bond acceptors (Lipinski definition) is 5. The first kappa shape index (κ1) is 17.0. The second-order valence-corrected chi connectivity index (χ2v) is 7.43. The van der Waals surface area contributed by atoms with Crippen LogP contribution < -0.4 is 5.32 Å². The summed E-state index contributed by atoms with van der Waals surface area (Å²) in [5.74, 6) is -0.751. The first-order chi connectivity index (χ1) is 11.6. The highest BCUT2D eigenvalue weighted by molar-refractivity contribution is 7.17. The lowest BCUT2D eigenvalue weighted by Gasteiger charge is -2.16. The molecule has 0 saturated heterocycles. The number of methoxy groups -OCH3 is 1. The molecule has 1 aromatic carbocycles. The normalized spacial score (nSPS) is 12.1. The van der Waals surface area contributed by atoms with Crippen LogP contribution in [0.2, 0.25) is 5.02 Å². The van der Waals surface area contributed by atoms with E-state index in [0.29, 0.717) is 16.3 Å². The number of halogens is 1. The molecule has 0 spiro atoms. The van der Waals surface area contributed by atoms with E-state index in [0.717, 1.165) is 15.6 Å². The van der Waals surface area contributed by atoms with E-state index >= 15 is 0 Å². The minimum atomic E-state index is -0.749. The van der Waals surface area contributed by atoms with Crippen LogP contribution in [0, 0.1) is 0 Å². The van der Waals surface area contributed by atoms with Gasteiger partial charge in [-0.05, 0) is 46.0 Å². The Morgan fingerprint density at radius 3 is 2.83 bits per heavy atom. The maximum absolute atomic E-state index is 12.3. The smallest absolute Gasteiger partial charge is 0.328 e. The molecule has 124 valence electrons. The van der Waals surface area contributed by atoms with E-state index in [1.54, 1.807) is 23.5 Å². The first-order valence-electron chi connectivity index (χ1n) is 7.16. The van der Waals surface area contributed by atoms with E-state index in [1.165, 1.54) is 18.4 Å². The second kappa shape index (κ2) is 7.34. The summed E-state index contributed by atoms with van der Waals surface area (Å²) < 4.78 is 5.93. The van der Waals surface area contributed by atoms with E-state index in [1.807, 2.05) is 29.0 Å². The summed E-state index contributed by atoms with van der Waals surface area (Å²) in [6.07, 6.45) is 0.351. The SMILES string of the molecule is COC(=O)C(Cc1csc2ccc(Cl)cc12)NC(=O)c1cccs1. The molecule has 0 aliphatic carbocycles. The van der Waals surface area contributed by atoms with Gasteiger partial charge in [0.1, 0.15) is 6.04 Å². The molecule has 0 bridgehead atoms. The Morgan fingerprint density at radius 1 is 1.29 bits per heavy atom. The monoisotopic (exact) mass is 379 g/mol. The van der Waals surface area contributed by atoms with Gasteiger partial charge >= 0.3 is 5.97 Å². The summed E-state index contributed by atoms with van der Waals surface area (Å²) >= 11 is 8.97. The minimum Gasteiger partial charge on any atom is -0.467 e. The number of esters is 1. The van der Waals surface area contributed by atoms with Crippen LogP contribution in [0.15, 0.2) is 41.1 Å². The van der Waals surface area contributed by atoms with Crippen LogP contribution in [0.3, 0.4) is 0 Å². The molecule has 1 N–H and O–H groups in total. The average molecular weight is 380 g/mol. The number of ether oxygens (including phenoxy) is 1. The maximum atomic E-state index is 12.3. The van der Waals surface area contributed by atoms with E-state index in [-0.39, 0.29) is 5.91 Å². The molecule has 2 aromatic heterocycles. The lowest BCUT2D eigenvalue weighted by atomic mass is 10.0. The number of rotatable bonds is 5. The number of nitrogens with one attached hydrogen (secondary N) is 1. The third kappa shape index (κ3) is 3.61. The van der Waals surface area contributed by atoms with E-state index < -0.39 is 12.0 Å². The molecule has 1 unspecified atom stereocenters. The molecule has 2 heterocycles. The van der Waals surface area contributed by atoms with Crippen molar-refractivity contribution in [2.75, 3.05) is 7.11 Å². The van der Waals surface area contributed by atoms with Crippen molar-refractivity contribution in [3.63, 3.8) is 0 Å². The number of carbonyl (C=O) groups excluding carboxylic acids is 2. The summed E-state index contributed by atoms with van der Waals surface area (Å²) in [6.45, 7) is 0. The molecule has 3 rings (SSSR count). The molecule has 0 aliphatic rings. The minimum absolute atomic E-state index is 0.280. The van der Waals surface area contributed by atoms with Gasteiger partial charge < -0.3 is 10.1 Å². The van der Waals surface area contributed by atoms with Crippen LogP contribution in [0.5, 0.6) is 0 Å². The number of hydrogen-bond donors (Lipinski definition) is 1. The van der Waals surface area contributed by atoms with Crippen molar-refractivity contribution < 1.29 is 14.3 Å². The summed E-state index contributed by atoms with van der Waals surface area (Å²) in [7, 11) is 1.31. The summed E-state index contributed by atoms with van der Waals surface area (Å²) in [5.41, 5.74) is 0.958. The number of carbonyl (C=O) groups is 2. The fourth-order valence-corrected chi connectivity index (χ4v) is 4.16. The topological polar surface area (TPSA) is 55.4 Å². The van der Waals surface area contributed by atoms with Gasteiger partial charge in [0.15, 0.2) is 0 Å². The molecule has 0 radical (unpaired) electrons. The number of fused-ring (bicyclic) bond motifs is 1. The van der Waals surface area contributed by atoms with Gasteiger partial charge in [0.25, 0.3) is 5.91 Å². The van der Waals surface area contributed by atoms with Crippen molar-refractivity contribution in [2.45, 2.75) is 12.5 Å². The number of thiophene rings is 2. The molecule has 0 saturated carbocycles. The van der Waals surface area contributed by atoms with Crippen molar-refractivity contribution in [1.29, 1.82) is 0 Å². The van der Waals surface area contributed by atoms with Crippen LogP contribution >= 0.6 is 34.3 Å². The molecule has 3 aromatic rings. The standard InChI is InChI=1S/C17H14ClNO3S2/c1-22-17(21)13(19-16(20)15-3-2-6-23-15)7-10-9-24-14-5-4-11(18)8-12(10)14/h2-6,8-9,13H,7H2,1H3,(H,19,20). The molecule has 1 amide bonds. The molecule has 7 heteroatoms. The van der Waals surface area contributed by atoms with Gasteiger partial charge in [0.05, 0.1) is 12.0 Å². The molecular weight excluding hydrogens is 366 g/mol. The fourth-order valence-electron chi connectivity index (χ4n) is 2.40. The maximum Gasteiger partial charge on any atom is 0.328 e. The molecule has 0 aliphatic heterocycles. The van der Waals surface area contributed by atoms with Crippen LogP contribution in [0.1, 0.15) is 15.2 Å². The van der Waals surface area contributed by atoms with E-state index in [2.05, 4.69) is 5.32 Å². The molecule has 24 heavy (non-hydrogen) atoms. The second-order valence-electron chi connectivity index (χ2n) is 5.13. The Morgan fingerprint density at radius 2 is 2.12 bits per heavy atom. The Hall–Kier alpha value is -1.89. The first-order valence-corrected chi connectivity index (χ1v) is 9.30. The van der Waals surface area contributed by atoms with Gasteiger partial charge in [-0.3, -0.25) is 4.79 Å². The average Bonchev–Trinajstić information content (AvgIpc) is 3.23. The highest BCUT2D eigenvalue weighted by Crippen LogP contribution is 2.29. The van der Waals surface area contributed by atoms with Crippen molar-refractivity contribution in [3.05, 3.63) is 56.6 Å². The molecule has 4 nitrogen and oxygen atoms in total. The Bertz CT molecular complexity index is 873. The Kier molecular flexibility index (Phi) is 5.18. The molecular formula is C17H14ClNO3S2. The van der Waals surface area contributed by atoms with Crippen molar-refractivity contribution in [3.8, 4) is 0 Å². The lowest BCUT2D eigenvalue weighted by molar-refractivity contribution is -0.142. The Balaban J connectivity index is 1.85. The van der Waals surface area contributed by atoms with Gasteiger partial charge in [0, 0.05) is 16.1 Å². The van der Waals surface area contributed by atoms with Crippen LogP contribution in [-0.4, -0.2) is 25.0 Å². The molecule has 1 atom stereocenters. The van der Waals surface area contributed by atoms with Gasteiger partial charge in [-0.25, -0.2) is 4.79 Å².